The van der Waals surface area contributed by atoms with E-state index in [-0.39, 0.29) is 0 Å². The number of aromatic nitrogens is 2. The van der Waals surface area contributed by atoms with Gasteiger partial charge < -0.3 is 9.64 Å². The fourth-order valence-electron chi connectivity index (χ4n) is 1.94. The minimum Gasteiger partial charge on any atom is -0.473 e. The zero-order chi connectivity index (χ0) is 14.5. The highest BCUT2D eigenvalue weighted by Gasteiger charge is 2.13. The molecule has 0 spiro atoms. The molecule has 0 radical (unpaired) electrons. The van der Waals surface area contributed by atoms with Crippen molar-refractivity contribution in [3.05, 3.63) is 58.3 Å². The molecule has 4 nitrogen and oxygen atoms in total. The van der Waals surface area contributed by atoms with E-state index < -0.39 is 0 Å². The highest BCUT2D eigenvalue weighted by atomic mass is 79.9. The predicted octanol–water partition coefficient (Wildman–Crippen LogP) is 3.80. The van der Waals surface area contributed by atoms with E-state index in [1.54, 1.807) is 18.1 Å². The molecule has 108 valence electrons. The van der Waals surface area contributed by atoms with Gasteiger partial charge in [0, 0.05) is 24.6 Å². The Hall–Kier alpha value is -1.53. The molecule has 0 aliphatic carbocycles. The Kier molecular flexibility index (Phi) is 4.77. The predicted molar refractivity (Wildman–Crippen MR) is 89.6 cm³/mol. The van der Waals surface area contributed by atoms with Crippen LogP contribution in [0.15, 0.2) is 52.7 Å². The van der Waals surface area contributed by atoms with Crippen molar-refractivity contribution >= 4 is 33.5 Å². The Morgan fingerprint density at radius 3 is 2.90 bits per heavy atom. The summed E-state index contributed by atoms with van der Waals surface area (Å²) in [6.45, 7) is 1.43. The van der Waals surface area contributed by atoms with Gasteiger partial charge in [0.05, 0.1) is 3.81 Å². The molecule has 0 saturated heterocycles. The molecule has 2 aromatic rings. The van der Waals surface area contributed by atoms with Gasteiger partial charge in [0.1, 0.15) is 18.8 Å². The van der Waals surface area contributed by atoms with Gasteiger partial charge in [-0.15, -0.1) is 11.8 Å². The van der Waals surface area contributed by atoms with Gasteiger partial charge in [-0.05, 0) is 21.5 Å². The maximum absolute atomic E-state index is 5.73. The molecule has 0 unspecified atom stereocenters. The number of rotatable bonds is 4. The molecule has 1 aromatic carbocycles. The molecule has 3 rings (SSSR count). The summed E-state index contributed by atoms with van der Waals surface area (Å²) >= 11 is 5.30. The van der Waals surface area contributed by atoms with E-state index in [0.717, 1.165) is 27.5 Å². The number of thioether (sulfide) groups is 1. The van der Waals surface area contributed by atoms with E-state index in [2.05, 4.69) is 30.8 Å². The van der Waals surface area contributed by atoms with Gasteiger partial charge in [-0.25, -0.2) is 9.97 Å². The number of nitrogens with zero attached hydrogens (tertiary/aromatic N) is 3. The maximum atomic E-state index is 5.73. The lowest BCUT2D eigenvalue weighted by molar-refractivity contribution is 0.293. The molecule has 0 amide bonds. The number of benzene rings is 1. The Balaban J connectivity index is 1.70. The average molecular weight is 364 g/mol. The standard InChI is InChI=1S/C15H14BrN3OS/c16-13-9-19(6-7-21-13)14-8-15(18-11-17-14)20-10-12-4-2-1-3-5-12/h1-5,8-9,11H,6-7,10H2. The first-order chi connectivity index (χ1) is 10.3. The van der Waals surface area contributed by atoms with Crippen LogP contribution in [-0.4, -0.2) is 22.3 Å². The zero-order valence-corrected chi connectivity index (χ0v) is 13.7. The lowest BCUT2D eigenvalue weighted by atomic mass is 10.2. The van der Waals surface area contributed by atoms with E-state index in [9.17, 15) is 0 Å². The second-order valence-electron chi connectivity index (χ2n) is 4.46. The number of hydrogen-bond donors (Lipinski definition) is 0. The summed E-state index contributed by atoms with van der Waals surface area (Å²) in [4.78, 5) is 10.6. The van der Waals surface area contributed by atoms with Crippen molar-refractivity contribution in [3.8, 4) is 5.88 Å². The molecular formula is C15H14BrN3OS. The number of ether oxygens (including phenoxy) is 1. The molecule has 1 aromatic heterocycles. The van der Waals surface area contributed by atoms with Crippen molar-refractivity contribution in [3.63, 3.8) is 0 Å². The van der Waals surface area contributed by atoms with Crippen LogP contribution in [0.25, 0.3) is 0 Å². The first-order valence-corrected chi connectivity index (χ1v) is 8.35. The second kappa shape index (κ2) is 6.95. The molecule has 0 fully saturated rings. The van der Waals surface area contributed by atoms with Gasteiger partial charge in [-0.2, -0.15) is 0 Å². The lowest BCUT2D eigenvalue weighted by Gasteiger charge is -2.23. The van der Waals surface area contributed by atoms with Crippen LogP contribution in [0, 0.1) is 0 Å². The molecule has 6 heteroatoms. The normalized spacial score (nSPS) is 14.7. The van der Waals surface area contributed by atoms with Crippen molar-refractivity contribution in [2.24, 2.45) is 0 Å². The summed E-state index contributed by atoms with van der Waals surface area (Å²) in [5, 5.41) is 0. The minimum atomic E-state index is 0.507. The third-order valence-corrected chi connectivity index (χ3v) is 4.64. The van der Waals surface area contributed by atoms with Crippen LogP contribution in [0.4, 0.5) is 5.82 Å². The lowest BCUT2D eigenvalue weighted by Crippen LogP contribution is -2.23. The first-order valence-electron chi connectivity index (χ1n) is 6.57. The maximum Gasteiger partial charge on any atom is 0.218 e. The number of halogens is 1. The fourth-order valence-corrected chi connectivity index (χ4v) is 3.36. The molecule has 0 atom stereocenters. The average Bonchev–Trinajstić information content (AvgIpc) is 2.54. The molecule has 0 saturated carbocycles. The van der Waals surface area contributed by atoms with Crippen LogP contribution >= 0.6 is 27.7 Å². The summed E-state index contributed by atoms with van der Waals surface area (Å²) in [5.74, 6) is 2.47. The Morgan fingerprint density at radius 1 is 1.24 bits per heavy atom. The molecule has 1 aliphatic heterocycles. The Morgan fingerprint density at radius 2 is 2.10 bits per heavy atom. The van der Waals surface area contributed by atoms with E-state index >= 15 is 0 Å². The van der Waals surface area contributed by atoms with Crippen LogP contribution in [0.3, 0.4) is 0 Å². The summed E-state index contributed by atoms with van der Waals surface area (Å²) in [6, 6.07) is 11.9. The smallest absolute Gasteiger partial charge is 0.218 e. The van der Waals surface area contributed by atoms with Crippen molar-refractivity contribution in [2.75, 3.05) is 17.2 Å². The summed E-state index contributed by atoms with van der Waals surface area (Å²) in [5.41, 5.74) is 1.12. The molecular weight excluding hydrogens is 350 g/mol. The highest BCUT2D eigenvalue weighted by molar-refractivity contribution is 9.14. The first kappa shape index (κ1) is 14.4. The largest absolute Gasteiger partial charge is 0.473 e. The molecule has 0 N–H and O–H groups in total. The summed E-state index contributed by atoms with van der Waals surface area (Å²) in [6.07, 6.45) is 3.58. The van der Waals surface area contributed by atoms with Crippen molar-refractivity contribution in [1.29, 1.82) is 0 Å². The highest BCUT2D eigenvalue weighted by Crippen LogP contribution is 2.29. The van der Waals surface area contributed by atoms with Gasteiger partial charge in [0.2, 0.25) is 5.88 Å². The van der Waals surface area contributed by atoms with Gasteiger partial charge in [-0.1, -0.05) is 30.3 Å². The molecule has 21 heavy (non-hydrogen) atoms. The quantitative estimate of drug-likeness (QED) is 0.825. The van der Waals surface area contributed by atoms with E-state index in [4.69, 9.17) is 4.74 Å². The van der Waals surface area contributed by atoms with Crippen LogP contribution in [-0.2, 0) is 6.61 Å². The zero-order valence-electron chi connectivity index (χ0n) is 11.3. The monoisotopic (exact) mass is 363 g/mol. The number of anilines is 1. The topological polar surface area (TPSA) is 38.2 Å². The van der Waals surface area contributed by atoms with Crippen molar-refractivity contribution in [2.45, 2.75) is 6.61 Å². The van der Waals surface area contributed by atoms with Gasteiger partial charge >= 0.3 is 0 Å². The number of hydrogen-bond acceptors (Lipinski definition) is 5. The molecule has 2 heterocycles. The minimum absolute atomic E-state index is 0.507. The third-order valence-electron chi connectivity index (χ3n) is 2.98. The van der Waals surface area contributed by atoms with Crippen LogP contribution in [0.5, 0.6) is 5.88 Å². The van der Waals surface area contributed by atoms with E-state index in [1.165, 1.54) is 0 Å². The van der Waals surface area contributed by atoms with Crippen LogP contribution in [0.1, 0.15) is 5.56 Å². The molecule has 1 aliphatic rings. The van der Waals surface area contributed by atoms with Crippen LogP contribution in [0.2, 0.25) is 0 Å². The second-order valence-corrected chi connectivity index (χ2v) is 6.98. The Labute approximate surface area is 136 Å². The summed E-state index contributed by atoms with van der Waals surface area (Å²) < 4.78 is 6.85. The molecule has 0 bridgehead atoms. The van der Waals surface area contributed by atoms with Gasteiger partial charge in [0.25, 0.3) is 0 Å². The third kappa shape index (κ3) is 3.98. The van der Waals surface area contributed by atoms with Crippen LogP contribution < -0.4 is 9.64 Å². The Bertz CT molecular complexity index is 636. The fraction of sp³-hybridized carbons (Fsp3) is 0.200. The van der Waals surface area contributed by atoms with Gasteiger partial charge in [0.15, 0.2) is 0 Å². The van der Waals surface area contributed by atoms with Crippen molar-refractivity contribution < 1.29 is 4.74 Å². The van der Waals surface area contributed by atoms with E-state index in [0.29, 0.717) is 12.5 Å². The van der Waals surface area contributed by atoms with Gasteiger partial charge in [-0.3, -0.25) is 0 Å². The van der Waals surface area contributed by atoms with E-state index in [1.807, 2.05) is 42.6 Å². The van der Waals surface area contributed by atoms with Crippen molar-refractivity contribution in [1.82, 2.24) is 9.97 Å². The SMILES string of the molecule is BrC1=CN(c2cc(OCc3ccccc3)ncn2)CCS1. The summed E-state index contributed by atoms with van der Waals surface area (Å²) in [7, 11) is 0.